The van der Waals surface area contributed by atoms with Crippen LogP contribution in [0.15, 0.2) is 12.1 Å². The third-order valence-electron chi connectivity index (χ3n) is 2.37. The minimum atomic E-state index is -0.810. The van der Waals surface area contributed by atoms with Crippen LogP contribution in [0.1, 0.15) is 10.4 Å². The van der Waals surface area contributed by atoms with Crippen molar-refractivity contribution in [2.24, 2.45) is 0 Å². The maximum atomic E-state index is 13.5. The van der Waals surface area contributed by atoms with E-state index in [2.05, 4.69) is 4.74 Å². The zero-order chi connectivity index (χ0) is 14.6. The molecule has 0 saturated heterocycles. The second kappa shape index (κ2) is 6.03. The number of methoxy groups -OCH3 is 1. The van der Waals surface area contributed by atoms with E-state index < -0.39 is 11.8 Å². The van der Waals surface area contributed by atoms with Gasteiger partial charge in [0.1, 0.15) is 5.75 Å². The first-order valence-electron chi connectivity index (χ1n) is 5.37. The molecule has 0 atom stereocenters. The third kappa shape index (κ3) is 3.57. The highest BCUT2D eigenvalue weighted by molar-refractivity contribution is 5.95. The third-order valence-corrected chi connectivity index (χ3v) is 2.37. The number of benzene rings is 1. The van der Waals surface area contributed by atoms with Crippen molar-refractivity contribution in [2.75, 3.05) is 33.5 Å². The van der Waals surface area contributed by atoms with Crippen LogP contribution in [0.3, 0.4) is 0 Å². The van der Waals surface area contributed by atoms with Crippen molar-refractivity contribution >= 4 is 17.6 Å². The van der Waals surface area contributed by atoms with Gasteiger partial charge in [-0.05, 0) is 6.07 Å². The lowest BCUT2D eigenvalue weighted by Crippen LogP contribution is -2.27. The number of carbonyl (C=O) groups excluding carboxylic acids is 2. The minimum Gasteiger partial charge on any atom is -0.484 e. The van der Waals surface area contributed by atoms with Crippen molar-refractivity contribution in [2.45, 2.75) is 0 Å². The zero-order valence-electron chi connectivity index (χ0n) is 10.9. The number of carbonyl (C=O) groups is 2. The summed E-state index contributed by atoms with van der Waals surface area (Å²) < 4.78 is 23.1. The van der Waals surface area contributed by atoms with E-state index in [1.807, 2.05) is 0 Å². The molecule has 104 valence electrons. The molecule has 7 heteroatoms. The van der Waals surface area contributed by atoms with Gasteiger partial charge in [-0.3, -0.25) is 4.79 Å². The van der Waals surface area contributed by atoms with Crippen molar-refractivity contribution in [3.63, 3.8) is 0 Å². The van der Waals surface area contributed by atoms with Crippen LogP contribution in [-0.2, 0) is 9.53 Å². The molecule has 0 aromatic heterocycles. The van der Waals surface area contributed by atoms with Gasteiger partial charge in [0.25, 0.3) is 5.91 Å². The van der Waals surface area contributed by atoms with Gasteiger partial charge in [-0.2, -0.15) is 0 Å². The van der Waals surface area contributed by atoms with E-state index in [9.17, 15) is 14.0 Å². The molecule has 0 unspecified atom stereocenters. The monoisotopic (exact) mass is 270 g/mol. The van der Waals surface area contributed by atoms with Gasteiger partial charge in [-0.1, -0.05) is 0 Å². The Morgan fingerprint density at radius 3 is 2.53 bits per heavy atom. The Kier molecular flexibility index (Phi) is 4.68. The Morgan fingerprint density at radius 2 is 2.00 bits per heavy atom. The van der Waals surface area contributed by atoms with E-state index in [0.717, 1.165) is 13.2 Å². The molecule has 1 aromatic carbocycles. The Hall–Kier alpha value is -2.31. The summed E-state index contributed by atoms with van der Waals surface area (Å²) in [6.45, 7) is -0.267. The van der Waals surface area contributed by atoms with Crippen LogP contribution in [0.5, 0.6) is 5.75 Å². The van der Waals surface area contributed by atoms with Crippen LogP contribution in [0.25, 0.3) is 0 Å². The normalized spacial score (nSPS) is 9.89. The molecule has 2 N–H and O–H groups in total. The average Bonchev–Trinajstić information content (AvgIpc) is 2.38. The van der Waals surface area contributed by atoms with E-state index >= 15 is 0 Å². The van der Waals surface area contributed by atoms with Crippen molar-refractivity contribution in [3.8, 4) is 5.75 Å². The molecule has 0 aliphatic heterocycles. The molecule has 19 heavy (non-hydrogen) atoms. The summed E-state index contributed by atoms with van der Waals surface area (Å²) in [5.41, 5.74) is 4.96. The van der Waals surface area contributed by atoms with Gasteiger partial charge in [0, 0.05) is 20.2 Å². The Labute approximate surface area is 109 Å². The summed E-state index contributed by atoms with van der Waals surface area (Å²) >= 11 is 0. The molecule has 0 fully saturated rings. The van der Waals surface area contributed by atoms with Crippen molar-refractivity contribution in [3.05, 3.63) is 23.5 Å². The lowest BCUT2D eigenvalue weighted by molar-refractivity contribution is -0.130. The summed E-state index contributed by atoms with van der Waals surface area (Å²) in [4.78, 5) is 24.0. The first-order valence-corrected chi connectivity index (χ1v) is 5.37. The average molecular weight is 270 g/mol. The number of rotatable bonds is 4. The number of nitrogens with two attached hydrogens (primary N) is 1. The van der Waals surface area contributed by atoms with Gasteiger partial charge in [-0.15, -0.1) is 0 Å². The molecule has 1 aromatic rings. The molecule has 0 saturated carbocycles. The van der Waals surface area contributed by atoms with Crippen LogP contribution in [0.2, 0.25) is 0 Å². The van der Waals surface area contributed by atoms with E-state index in [4.69, 9.17) is 10.5 Å². The van der Waals surface area contributed by atoms with Crippen LogP contribution in [0.4, 0.5) is 10.1 Å². The largest absolute Gasteiger partial charge is 0.484 e. The zero-order valence-corrected chi connectivity index (χ0v) is 10.9. The summed E-state index contributed by atoms with van der Waals surface area (Å²) in [6, 6.07) is 2.23. The van der Waals surface area contributed by atoms with Crippen molar-refractivity contribution in [1.82, 2.24) is 4.90 Å². The maximum absolute atomic E-state index is 13.5. The lowest BCUT2D eigenvalue weighted by Gasteiger charge is -2.13. The molecule has 6 nitrogen and oxygen atoms in total. The molecule has 1 rings (SSSR count). The molecular weight excluding hydrogens is 255 g/mol. The highest BCUT2D eigenvalue weighted by Gasteiger charge is 2.16. The molecule has 0 aliphatic rings. The minimum absolute atomic E-state index is 0.0299. The smallest absolute Gasteiger partial charge is 0.340 e. The maximum Gasteiger partial charge on any atom is 0.340 e. The Balaban J connectivity index is 2.94. The van der Waals surface area contributed by atoms with Gasteiger partial charge in [0.15, 0.2) is 12.4 Å². The quantitative estimate of drug-likeness (QED) is 0.642. The number of amides is 1. The fraction of sp³-hybridized carbons (Fsp3) is 0.333. The number of anilines is 1. The topological polar surface area (TPSA) is 81.9 Å². The molecule has 0 spiro atoms. The van der Waals surface area contributed by atoms with Gasteiger partial charge in [0.2, 0.25) is 0 Å². The molecular formula is C12H15FN2O4. The number of nitrogen functional groups attached to an aromatic ring is 1. The van der Waals surface area contributed by atoms with Crippen LogP contribution >= 0.6 is 0 Å². The van der Waals surface area contributed by atoms with E-state index in [0.29, 0.717) is 0 Å². The molecule has 0 bridgehead atoms. The summed E-state index contributed by atoms with van der Waals surface area (Å²) in [5.74, 6) is -1.85. The van der Waals surface area contributed by atoms with Crippen molar-refractivity contribution < 1.29 is 23.5 Å². The summed E-state index contributed by atoms with van der Waals surface area (Å²) in [5, 5.41) is 0. The van der Waals surface area contributed by atoms with Crippen LogP contribution in [-0.4, -0.2) is 44.6 Å². The lowest BCUT2D eigenvalue weighted by atomic mass is 10.1. The molecule has 0 radical (unpaired) electrons. The molecule has 0 heterocycles. The molecule has 1 amide bonds. The Morgan fingerprint density at radius 1 is 1.37 bits per heavy atom. The second-order valence-corrected chi connectivity index (χ2v) is 3.93. The number of likely N-dealkylation sites (N-methyl/N-ethyl adjacent to an activating group) is 1. The summed E-state index contributed by atoms with van der Waals surface area (Å²) in [6.07, 6.45) is 0. The van der Waals surface area contributed by atoms with Crippen LogP contribution < -0.4 is 10.5 Å². The van der Waals surface area contributed by atoms with Gasteiger partial charge >= 0.3 is 5.97 Å². The van der Waals surface area contributed by atoms with E-state index in [-0.39, 0.29) is 29.5 Å². The van der Waals surface area contributed by atoms with Gasteiger partial charge in [-0.25, -0.2) is 9.18 Å². The highest BCUT2D eigenvalue weighted by Crippen LogP contribution is 2.24. The number of halogens is 1. The summed E-state index contributed by atoms with van der Waals surface area (Å²) in [7, 11) is 4.28. The van der Waals surface area contributed by atoms with E-state index in [1.165, 1.54) is 11.0 Å². The first kappa shape index (κ1) is 14.7. The predicted octanol–water partition coefficient (Wildman–Crippen LogP) is 0.662. The Bertz CT molecular complexity index is 503. The van der Waals surface area contributed by atoms with E-state index in [1.54, 1.807) is 14.1 Å². The van der Waals surface area contributed by atoms with Gasteiger partial charge < -0.3 is 20.1 Å². The second-order valence-electron chi connectivity index (χ2n) is 3.93. The predicted molar refractivity (Wildman–Crippen MR) is 66.3 cm³/mol. The molecule has 0 aliphatic carbocycles. The SMILES string of the molecule is COC(=O)c1cc(OCC(=O)N(C)C)cc(F)c1N. The number of esters is 1. The van der Waals surface area contributed by atoms with Crippen LogP contribution in [0, 0.1) is 5.82 Å². The fourth-order valence-electron chi connectivity index (χ4n) is 1.23. The number of nitrogens with zero attached hydrogens (tertiary/aromatic N) is 1. The van der Waals surface area contributed by atoms with Gasteiger partial charge in [0.05, 0.1) is 18.4 Å². The standard InChI is InChI=1S/C12H15FN2O4/c1-15(2)10(16)6-19-7-4-8(12(17)18-3)11(14)9(13)5-7/h4-5H,6,14H2,1-3H3. The number of hydrogen-bond acceptors (Lipinski definition) is 5. The van der Waals surface area contributed by atoms with Crippen molar-refractivity contribution in [1.29, 1.82) is 0 Å². The number of ether oxygens (including phenoxy) is 2. The fourth-order valence-corrected chi connectivity index (χ4v) is 1.23. The first-order chi connectivity index (χ1) is 8.86. The number of hydrogen-bond donors (Lipinski definition) is 1. The highest BCUT2D eigenvalue weighted by atomic mass is 19.1.